The summed E-state index contributed by atoms with van der Waals surface area (Å²) in [6, 6.07) is 16.4. The molecule has 6 heteroatoms. The number of aliphatic carboxylic acids is 1. The Labute approximate surface area is 150 Å². The third-order valence-corrected chi connectivity index (χ3v) is 3.23. The molecule has 5 nitrogen and oxygen atoms in total. The highest BCUT2D eigenvalue weighted by atomic mass is 32.1. The Kier molecular flexibility index (Phi) is 6.62. The van der Waals surface area contributed by atoms with Crippen molar-refractivity contribution in [3.05, 3.63) is 77.9 Å². The largest absolute Gasteiger partial charge is 0.478 e. The van der Waals surface area contributed by atoms with Crippen LogP contribution in [0.4, 0.5) is 5.69 Å². The predicted molar refractivity (Wildman–Crippen MR) is 103 cm³/mol. The minimum Gasteiger partial charge on any atom is -0.478 e. The zero-order valence-electron chi connectivity index (χ0n) is 13.2. The van der Waals surface area contributed by atoms with Crippen molar-refractivity contribution in [3.63, 3.8) is 0 Å². The summed E-state index contributed by atoms with van der Waals surface area (Å²) in [5, 5.41) is 14.2. The number of carbonyl (C=O) groups is 2. The van der Waals surface area contributed by atoms with Crippen LogP contribution >= 0.6 is 12.2 Å². The summed E-state index contributed by atoms with van der Waals surface area (Å²) in [6.45, 7) is 0. The van der Waals surface area contributed by atoms with Crippen molar-refractivity contribution < 1.29 is 14.7 Å². The fraction of sp³-hybridized carbons (Fsp3) is 0. The number of carboxylic acid groups (broad SMARTS) is 1. The molecule has 0 aliphatic heterocycles. The average Bonchev–Trinajstić information content (AvgIpc) is 2.59. The number of carboxylic acids is 1. The maximum Gasteiger partial charge on any atom is 0.328 e. The average molecular weight is 352 g/mol. The first-order valence-electron chi connectivity index (χ1n) is 7.39. The highest BCUT2D eigenvalue weighted by molar-refractivity contribution is 7.80. The smallest absolute Gasteiger partial charge is 0.328 e. The van der Waals surface area contributed by atoms with Gasteiger partial charge >= 0.3 is 5.97 Å². The molecule has 0 unspecified atom stereocenters. The lowest BCUT2D eigenvalue weighted by Gasteiger charge is -2.08. The lowest BCUT2D eigenvalue weighted by molar-refractivity contribution is -0.131. The van der Waals surface area contributed by atoms with Crippen LogP contribution in [0.5, 0.6) is 0 Å². The molecule has 2 rings (SSSR count). The summed E-state index contributed by atoms with van der Waals surface area (Å²) in [6.07, 6.45) is 5.61. The summed E-state index contributed by atoms with van der Waals surface area (Å²) in [7, 11) is 0. The minimum atomic E-state index is -1.02. The highest BCUT2D eigenvalue weighted by Crippen LogP contribution is 2.12. The summed E-state index contributed by atoms with van der Waals surface area (Å²) >= 11 is 5.10. The Morgan fingerprint density at radius 3 is 2.32 bits per heavy atom. The quantitative estimate of drug-likeness (QED) is 0.568. The van der Waals surface area contributed by atoms with Crippen molar-refractivity contribution in [3.8, 4) is 0 Å². The van der Waals surface area contributed by atoms with E-state index in [2.05, 4.69) is 10.6 Å². The highest BCUT2D eigenvalue weighted by Gasteiger charge is 2.02. The van der Waals surface area contributed by atoms with Gasteiger partial charge in [0.05, 0.1) is 0 Å². The normalized spacial score (nSPS) is 10.7. The lowest BCUT2D eigenvalue weighted by Crippen LogP contribution is -2.32. The Hall–Kier alpha value is -3.25. The number of amides is 1. The second-order valence-electron chi connectivity index (χ2n) is 4.98. The Bertz CT molecular complexity index is 830. The topological polar surface area (TPSA) is 78.4 Å². The van der Waals surface area contributed by atoms with Crippen molar-refractivity contribution >= 4 is 47.0 Å². The number of hydrogen-bond acceptors (Lipinski definition) is 3. The minimum absolute atomic E-state index is 0.155. The first-order chi connectivity index (χ1) is 12.0. The molecule has 0 aromatic heterocycles. The van der Waals surface area contributed by atoms with E-state index in [4.69, 9.17) is 17.3 Å². The summed E-state index contributed by atoms with van der Waals surface area (Å²) in [4.78, 5) is 22.4. The molecule has 0 heterocycles. The Balaban J connectivity index is 1.91. The van der Waals surface area contributed by atoms with Crippen LogP contribution in [0, 0.1) is 0 Å². The molecule has 0 aliphatic rings. The SMILES string of the molecule is O=C(O)/C=C/c1cccc(NC(=S)NC(=O)/C=C/c2ccccc2)c1. The van der Waals surface area contributed by atoms with Crippen LogP contribution in [0.25, 0.3) is 12.2 Å². The van der Waals surface area contributed by atoms with E-state index in [1.807, 2.05) is 30.3 Å². The van der Waals surface area contributed by atoms with Gasteiger partial charge in [-0.25, -0.2) is 4.79 Å². The number of rotatable bonds is 5. The summed E-state index contributed by atoms with van der Waals surface area (Å²) in [5.41, 5.74) is 2.25. The molecule has 0 saturated heterocycles. The van der Waals surface area contributed by atoms with Crippen molar-refractivity contribution in [1.82, 2.24) is 5.32 Å². The molecule has 0 radical (unpaired) electrons. The molecule has 3 N–H and O–H groups in total. The second kappa shape index (κ2) is 9.14. The fourth-order valence-electron chi connectivity index (χ4n) is 1.94. The van der Waals surface area contributed by atoms with Crippen molar-refractivity contribution in [1.29, 1.82) is 0 Å². The van der Waals surface area contributed by atoms with E-state index in [1.54, 1.807) is 30.3 Å². The molecule has 0 bridgehead atoms. The van der Waals surface area contributed by atoms with Gasteiger partial charge in [-0.15, -0.1) is 0 Å². The predicted octanol–water partition coefficient (Wildman–Crippen LogP) is 3.31. The first kappa shape index (κ1) is 18.1. The number of thiocarbonyl (C=S) groups is 1. The van der Waals surface area contributed by atoms with Gasteiger partial charge in [-0.2, -0.15) is 0 Å². The van der Waals surface area contributed by atoms with Crippen LogP contribution in [0.2, 0.25) is 0 Å². The van der Waals surface area contributed by atoms with Crippen molar-refractivity contribution in [2.24, 2.45) is 0 Å². The zero-order chi connectivity index (χ0) is 18.1. The van der Waals surface area contributed by atoms with Crippen LogP contribution in [0.15, 0.2) is 66.7 Å². The van der Waals surface area contributed by atoms with Gasteiger partial charge in [0, 0.05) is 17.8 Å². The van der Waals surface area contributed by atoms with Gasteiger partial charge in [-0.3, -0.25) is 10.1 Å². The molecule has 0 atom stereocenters. The fourth-order valence-corrected chi connectivity index (χ4v) is 2.16. The molecular weight excluding hydrogens is 336 g/mol. The molecule has 25 heavy (non-hydrogen) atoms. The van der Waals surface area contributed by atoms with Crippen LogP contribution in [-0.2, 0) is 9.59 Å². The van der Waals surface area contributed by atoms with E-state index in [1.165, 1.54) is 12.2 Å². The third kappa shape index (κ3) is 6.80. The van der Waals surface area contributed by atoms with Gasteiger partial charge < -0.3 is 10.4 Å². The van der Waals surface area contributed by atoms with Gasteiger partial charge in [0.15, 0.2) is 5.11 Å². The van der Waals surface area contributed by atoms with Crippen molar-refractivity contribution in [2.45, 2.75) is 0 Å². The maximum atomic E-state index is 11.9. The number of carbonyl (C=O) groups excluding carboxylic acids is 1. The molecular formula is C19H16N2O3S. The van der Waals surface area contributed by atoms with E-state index in [0.717, 1.165) is 11.6 Å². The number of hydrogen-bond donors (Lipinski definition) is 3. The standard InChI is InChI=1S/C19H16N2O3S/c22-17(11-9-14-5-2-1-3-6-14)21-19(25)20-16-8-4-7-15(13-16)10-12-18(23)24/h1-13H,(H,23,24)(H2,20,21,22,25)/b11-9+,12-10+. The first-order valence-corrected chi connectivity index (χ1v) is 7.80. The number of benzene rings is 2. The van der Waals surface area contributed by atoms with Crippen LogP contribution in [0.3, 0.4) is 0 Å². The molecule has 0 saturated carbocycles. The third-order valence-electron chi connectivity index (χ3n) is 3.03. The Morgan fingerprint density at radius 2 is 1.60 bits per heavy atom. The molecule has 1 amide bonds. The van der Waals surface area contributed by atoms with E-state index >= 15 is 0 Å². The van der Waals surface area contributed by atoms with Gasteiger partial charge in [0.2, 0.25) is 5.91 Å². The number of nitrogens with one attached hydrogen (secondary N) is 2. The molecule has 2 aromatic rings. The van der Waals surface area contributed by atoms with E-state index in [-0.39, 0.29) is 11.0 Å². The van der Waals surface area contributed by atoms with Gasteiger partial charge in [0.1, 0.15) is 0 Å². The zero-order valence-corrected chi connectivity index (χ0v) is 14.0. The number of anilines is 1. The van der Waals surface area contributed by atoms with Gasteiger partial charge in [-0.05, 0) is 47.6 Å². The Morgan fingerprint density at radius 1 is 0.920 bits per heavy atom. The monoisotopic (exact) mass is 352 g/mol. The molecule has 0 aliphatic carbocycles. The second-order valence-corrected chi connectivity index (χ2v) is 5.39. The van der Waals surface area contributed by atoms with E-state index in [9.17, 15) is 9.59 Å². The van der Waals surface area contributed by atoms with E-state index in [0.29, 0.717) is 11.3 Å². The van der Waals surface area contributed by atoms with Gasteiger partial charge in [-0.1, -0.05) is 42.5 Å². The van der Waals surface area contributed by atoms with Crippen LogP contribution in [0.1, 0.15) is 11.1 Å². The molecule has 2 aromatic carbocycles. The molecule has 0 fully saturated rings. The summed E-state index contributed by atoms with van der Waals surface area (Å²) in [5.74, 6) is -1.37. The maximum absolute atomic E-state index is 11.9. The summed E-state index contributed by atoms with van der Waals surface area (Å²) < 4.78 is 0. The lowest BCUT2D eigenvalue weighted by atomic mass is 10.2. The van der Waals surface area contributed by atoms with E-state index < -0.39 is 5.97 Å². The molecule has 0 spiro atoms. The van der Waals surface area contributed by atoms with Crippen LogP contribution < -0.4 is 10.6 Å². The van der Waals surface area contributed by atoms with Crippen LogP contribution in [-0.4, -0.2) is 22.1 Å². The van der Waals surface area contributed by atoms with Crippen molar-refractivity contribution in [2.75, 3.05) is 5.32 Å². The van der Waals surface area contributed by atoms with Gasteiger partial charge in [0.25, 0.3) is 0 Å². The molecule has 126 valence electrons.